The Bertz CT molecular complexity index is 82.1. The lowest BCUT2D eigenvalue weighted by atomic mass is 10.2. The van der Waals surface area contributed by atoms with Crippen molar-refractivity contribution in [1.82, 2.24) is 5.09 Å². The lowest BCUT2D eigenvalue weighted by Crippen LogP contribution is -2.31. The van der Waals surface area contributed by atoms with Crippen LogP contribution in [0.15, 0.2) is 0 Å². The number of aliphatic hydroxyl groups excluding tert-OH is 1. The molecule has 8 heavy (non-hydrogen) atoms. The molecule has 0 bridgehead atoms. The van der Waals surface area contributed by atoms with Gasteiger partial charge in [0.25, 0.3) is 0 Å². The van der Waals surface area contributed by atoms with E-state index in [1.165, 1.54) is 6.92 Å². The fourth-order valence-corrected chi connectivity index (χ4v) is 0.639. The number of carbonyl (C=O) groups is 1. The van der Waals surface area contributed by atoms with E-state index in [0.717, 1.165) is 0 Å². The highest BCUT2D eigenvalue weighted by atomic mass is 31.0. The second-order valence-electron chi connectivity index (χ2n) is 1.51. The summed E-state index contributed by atoms with van der Waals surface area (Å²) in [6.45, 7) is 1.29. The molecular formula is C4H10NO2P. The van der Waals surface area contributed by atoms with Gasteiger partial charge in [0.05, 0.1) is 12.6 Å². The standard InChI is InChI=1S/C4H10NO2P/c1-3(7)4(2-6)5-8/h4-6H,2,8H2,1H3/t4-/m1/s1. The van der Waals surface area contributed by atoms with Gasteiger partial charge in [0.1, 0.15) is 5.78 Å². The van der Waals surface area contributed by atoms with Gasteiger partial charge in [0.15, 0.2) is 0 Å². The van der Waals surface area contributed by atoms with Crippen LogP contribution in [0.2, 0.25) is 0 Å². The first-order valence-corrected chi connectivity index (χ1v) is 2.87. The summed E-state index contributed by atoms with van der Waals surface area (Å²) in [4.78, 5) is 10.4. The predicted molar refractivity (Wildman–Crippen MR) is 34.4 cm³/mol. The average molecular weight is 135 g/mol. The highest BCUT2D eigenvalue weighted by Crippen LogP contribution is 1.85. The molecule has 0 aliphatic heterocycles. The van der Waals surface area contributed by atoms with Crippen molar-refractivity contribution in [2.24, 2.45) is 0 Å². The molecule has 0 aliphatic carbocycles. The Kier molecular flexibility index (Phi) is 3.97. The van der Waals surface area contributed by atoms with Gasteiger partial charge in [-0.25, -0.2) is 0 Å². The van der Waals surface area contributed by atoms with Crippen LogP contribution in [0.3, 0.4) is 0 Å². The molecule has 0 saturated carbocycles. The quantitative estimate of drug-likeness (QED) is 0.504. The van der Waals surface area contributed by atoms with Gasteiger partial charge in [0.2, 0.25) is 0 Å². The van der Waals surface area contributed by atoms with Gasteiger partial charge >= 0.3 is 0 Å². The molecule has 4 heteroatoms. The summed E-state index contributed by atoms with van der Waals surface area (Å²) >= 11 is 0. The van der Waals surface area contributed by atoms with E-state index >= 15 is 0 Å². The molecule has 0 amide bonds. The molecule has 0 aliphatic rings. The lowest BCUT2D eigenvalue weighted by molar-refractivity contribution is -0.119. The van der Waals surface area contributed by atoms with E-state index in [0.29, 0.717) is 0 Å². The maximum Gasteiger partial charge on any atom is 0.149 e. The molecular weight excluding hydrogens is 125 g/mol. The Morgan fingerprint density at radius 1 is 2.00 bits per heavy atom. The zero-order valence-electron chi connectivity index (χ0n) is 4.72. The monoisotopic (exact) mass is 135 g/mol. The van der Waals surface area contributed by atoms with E-state index in [9.17, 15) is 4.79 Å². The van der Waals surface area contributed by atoms with Crippen molar-refractivity contribution >= 4 is 15.2 Å². The summed E-state index contributed by atoms with van der Waals surface area (Å²) in [6.07, 6.45) is 0. The number of hydrogen-bond acceptors (Lipinski definition) is 3. The topological polar surface area (TPSA) is 49.3 Å². The molecule has 0 aromatic carbocycles. The Hall–Kier alpha value is 0.0200. The van der Waals surface area contributed by atoms with Crippen molar-refractivity contribution in [1.29, 1.82) is 0 Å². The van der Waals surface area contributed by atoms with Gasteiger partial charge in [0, 0.05) is 0 Å². The van der Waals surface area contributed by atoms with Crippen molar-refractivity contribution in [3.05, 3.63) is 0 Å². The van der Waals surface area contributed by atoms with Crippen molar-refractivity contribution in [2.75, 3.05) is 6.61 Å². The summed E-state index contributed by atoms with van der Waals surface area (Å²) in [6, 6.07) is -0.417. The fraction of sp³-hybridized carbons (Fsp3) is 0.750. The first kappa shape index (κ1) is 8.02. The number of carbonyl (C=O) groups excluding carboxylic acids is 1. The number of ketones is 1. The molecule has 2 atom stereocenters. The molecule has 0 heterocycles. The highest BCUT2D eigenvalue weighted by Gasteiger charge is 2.07. The summed E-state index contributed by atoms with van der Waals surface area (Å²) in [5.74, 6) is -0.0532. The number of rotatable bonds is 3. The first-order valence-electron chi connectivity index (χ1n) is 2.29. The van der Waals surface area contributed by atoms with Crippen LogP contribution in [0.1, 0.15) is 6.92 Å². The zero-order chi connectivity index (χ0) is 6.57. The molecule has 0 rings (SSSR count). The number of aliphatic hydroxyl groups is 1. The summed E-state index contributed by atoms with van der Waals surface area (Å²) in [5.41, 5.74) is 0. The maximum atomic E-state index is 10.4. The van der Waals surface area contributed by atoms with E-state index in [1.54, 1.807) is 0 Å². The van der Waals surface area contributed by atoms with Crippen LogP contribution in [-0.4, -0.2) is 23.5 Å². The Balaban J connectivity index is 3.52. The second-order valence-corrected chi connectivity index (χ2v) is 1.85. The summed E-state index contributed by atoms with van der Waals surface area (Å²) in [5, 5.41) is 11.0. The smallest absolute Gasteiger partial charge is 0.149 e. The van der Waals surface area contributed by atoms with Gasteiger partial charge < -0.3 is 5.11 Å². The van der Waals surface area contributed by atoms with Crippen LogP contribution in [0.5, 0.6) is 0 Å². The molecule has 2 N–H and O–H groups in total. The molecule has 0 aromatic rings. The van der Waals surface area contributed by atoms with E-state index in [4.69, 9.17) is 5.11 Å². The third-order valence-corrected chi connectivity index (χ3v) is 1.28. The largest absolute Gasteiger partial charge is 0.394 e. The number of Topliss-reactive ketones (excluding diaryl/α,β-unsaturated/α-hetero) is 1. The van der Waals surface area contributed by atoms with Crippen LogP contribution in [0, 0.1) is 0 Å². The van der Waals surface area contributed by atoms with Gasteiger partial charge in [-0.05, 0) is 6.92 Å². The minimum Gasteiger partial charge on any atom is -0.394 e. The average Bonchev–Trinajstić information content (AvgIpc) is 1.69. The number of hydrogen-bond donors (Lipinski definition) is 2. The SMILES string of the molecule is CC(=O)[C@@H](CO)NP. The molecule has 0 radical (unpaired) electrons. The van der Waals surface area contributed by atoms with Crippen LogP contribution in [0.4, 0.5) is 0 Å². The molecule has 0 aromatic heterocycles. The molecule has 0 saturated heterocycles. The summed E-state index contributed by atoms with van der Waals surface area (Å²) < 4.78 is 0. The molecule has 3 nitrogen and oxygen atoms in total. The van der Waals surface area contributed by atoms with Crippen molar-refractivity contribution in [2.45, 2.75) is 13.0 Å². The minimum atomic E-state index is -0.417. The lowest BCUT2D eigenvalue weighted by Gasteiger charge is -2.05. The van der Waals surface area contributed by atoms with E-state index in [2.05, 4.69) is 14.5 Å². The first-order chi connectivity index (χ1) is 3.72. The second kappa shape index (κ2) is 3.96. The van der Waals surface area contributed by atoms with Crippen LogP contribution in [-0.2, 0) is 4.79 Å². The summed E-state index contributed by atoms with van der Waals surface area (Å²) in [7, 11) is 2.18. The Labute approximate surface area is 50.7 Å². The zero-order valence-corrected chi connectivity index (χ0v) is 5.87. The maximum absolute atomic E-state index is 10.4. The van der Waals surface area contributed by atoms with E-state index in [1.807, 2.05) is 0 Å². The third kappa shape index (κ3) is 2.36. The van der Waals surface area contributed by atoms with Gasteiger partial charge in [-0.3, -0.25) is 9.88 Å². The fourth-order valence-electron chi connectivity index (χ4n) is 0.299. The van der Waals surface area contributed by atoms with Gasteiger partial charge in [-0.1, -0.05) is 9.39 Å². The van der Waals surface area contributed by atoms with Crippen LogP contribution < -0.4 is 5.09 Å². The molecule has 0 fully saturated rings. The van der Waals surface area contributed by atoms with Gasteiger partial charge in [-0.15, -0.1) is 0 Å². The van der Waals surface area contributed by atoms with Crippen molar-refractivity contribution in [3.8, 4) is 0 Å². The third-order valence-electron chi connectivity index (χ3n) is 0.874. The van der Waals surface area contributed by atoms with Crippen molar-refractivity contribution in [3.63, 3.8) is 0 Å². The van der Waals surface area contributed by atoms with Crippen molar-refractivity contribution < 1.29 is 9.90 Å². The number of nitrogens with one attached hydrogen (secondary N) is 1. The normalized spacial score (nSPS) is 13.4. The van der Waals surface area contributed by atoms with E-state index < -0.39 is 6.04 Å². The Morgan fingerprint density at radius 2 is 2.50 bits per heavy atom. The van der Waals surface area contributed by atoms with E-state index in [-0.39, 0.29) is 12.4 Å². The van der Waals surface area contributed by atoms with Crippen LogP contribution >= 0.6 is 9.39 Å². The van der Waals surface area contributed by atoms with Gasteiger partial charge in [-0.2, -0.15) is 0 Å². The molecule has 1 unspecified atom stereocenters. The molecule has 0 spiro atoms. The van der Waals surface area contributed by atoms with Crippen LogP contribution in [0.25, 0.3) is 0 Å². The predicted octanol–water partition coefficient (Wildman–Crippen LogP) is -0.684. The highest BCUT2D eigenvalue weighted by molar-refractivity contribution is 7.13. The minimum absolute atomic E-state index is 0.0532. The Morgan fingerprint density at radius 3 is 2.50 bits per heavy atom. The molecule has 48 valence electrons.